The van der Waals surface area contributed by atoms with E-state index in [1.54, 1.807) is 19.2 Å². The van der Waals surface area contributed by atoms with E-state index >= 15 is 0 Å². The Bertz CT molecular complexity index is 987. The van der Waals surface area contributed by atoms with Crippen molar-refractivity contribution in [2.24, 2.45) is 0 Å². The van der Waals surface area contributed by atoms with Gasteiger partial charge in [-0.05, 0) is 37.6 Å². The van der Waals surface area contributed by atoms with Gasteiger partial charge in [0.05, 0.1) is 11.4 Å². The number of rotatable bonds is 6. The standard InChI is InChI=1S/C20H20ClFN4OS/c1-13-7-4-5-10-18(13)26-14(2)23-24-20(26)28-12-19(27)25(3)11-15-16(21)8-6-9-17(15)22/h4-10H,11-12H2,1-3H3. The topological polar surface area (TPSA) is 51.0 Å². The van der Waals surface area contributed by atoms with Gasteiger partial charge in [-0.15, -0.1) is 10.2 Å². The van der Waals surface area contributed by atoms with Gasteiger partial charge in [0, 0.05) is 24.2 Å². The zero-order chi connectivity index (χ0) is 20.3. The first-order chi connectivity index (χ1) is 13.4. The second-order valence-corrected chi connectivity index (χ2v) is 7.74. The van der Waals surface area contributed by atoms with Gasteiger partial charge in [0.2, 0.25) is 5.91 Å². The molecule has 0 aliphatic carbocycles. The Morgan fingerprint density at radius 3 is 2.64 bits per heavy atom. The number of hydrogen-bond acceptors (Lipinski definition) is 4. The van der Waals surface area contributed by atoms with Crippen molar-refractivity contribution in [3.05, 3.63) is 70.3 Å². The number of halogens is 2. The average molecular weight is 419 g/mol. The van der Waals surface area contributed by atoms with Crippen molar-refractivity contribution in [3.8, 4) is 5.69 Å². The number of amides is 1. The van der Waals surface area contributed by atoms with E-state index in [0.717, 1.165) is 17.1 Å². The van der Waals surface area contributed by atoms with Gasteiger partial charge in [-0.1, -0.05) is 47.6 Å². The van der Waals surface area contributed by atoms with Crippen molar-refractivity contribution in [3.63, 3.8) is 0 Å². The summed E-state index contributed by atoms with van der Waals surface area (Å²) in [6, 6.07) is 12.4. The molecule has 0 fully saturated rings. The number of carbonyl (C=O) groups excluding carboxylic acids is 1. The van der Waals surface area contributed by atoms with Crippen LogP contribution in [-0.4, -0.2) is 38.4 Å². The van der Waals surface area contributed by atoms with E-state index in [-0.39, 0.29) is 18.2 Å². The average Bonchev–Trinajstić information content (AvgIpc) is 3.03. The second-order valence-electron chi connectivity index (χ2n) is 6.39. The Balaban J connectivity index is 1.71. The van der Waals surface area contributed by atoms with Gasteiger partial charge in [0.25, 0.3) is 0 Å². The van der Waals surface area contributed by atoms with Crippen LogP contribution in [0.4, 0.5) is 4.39 Å². The van der Waals surface area contributed by atoms with Crippen LogP contribution in [0.1, 0.15) is 17.0 Å². The molecule has 1 amide bonds. The molecule has 0 aliphatic heterocycles. The monoisotopic (exact) mass is 418 g/mol. The Morgan fingerprint density at radius 2 is 1.93 bits per heavy atom. The van der Waals surface area contributed by atoms with Gasteiger partial charge >= 0.3 is 0 Å². The zero-order valence-corrected chi connectivity index (χ0v) is 17.4. The molecule has 1 heterocycles. The largest absolute Gasteiger partial charge is 0.341 e. The van der Waals surface area contributed by atoms with Gasteiger partial charge < -0.3 is 4.90 Å². The Kier molecular flexibility index (Phi) is 6.36. The molecule has 0 saturated carbocycles. The highest BCUT2D eigenvalue weighted by atomic mass is 35.5. The molecule has 3 rings (SSSR count). The van der Waals surface area contributed by atoms with E-state index in [0.29, 0.717) is 15.7 Å². The van der Waals surface area contributed by atoms with Crippen molar-refractivity contribution < 1.29 is 9.18 Å². The van der Waals surface area contributed by atoms with E-state index in [2.05, 4.69) is 10.2 Å². The molecule has 0 aliphatic rings. The lowest BCUT2D eigenvalue weighted by atomic mass is 10.2. The molecular weight excluding hydrogens is 399 g/mol. The van der Waals surface area contributed by atoms with Crippen LogP contribution in [0.15, 0.2) is 47.6 Å². The van der Waals surface area contributed by atoms with Crippen LogP contribution >= 0.6 is 23.4 Å². The number of aryl methyl sites for hydroxylation is 2. The number of para-hydroxylation sites is 1. The third kappa shape index (κ3) is 4.36. The molecule has 5 nitrogen and oxygen atoms in total. The predicted octanol–water partition coefficient (Wildman–Crippen LogP) is 4.43. The summed E-state index contributed by atoms with van der Waals surface area (Å²) in [5.41, 5.74) is 2.38. The fourth-order valence-corrected chi connectivity index (χ4v) is 3.93. The highest BCUT2D eigenvalue weighted by Crippen LogP contribution is 2.25. The molecule has 0 radical (unpaired) electrons. The summed E-state index contributed by atoms with van der Waals surface area (Å²) < 4.78 is 15.9. The Hall–Kier alpha value is -2.38. The molecule has 146 valence electrons. The molecule has 0 N–H and O–H groups in total. The summed E-state index contributed by atoms with van der Waals surface area (Å²) in [6.07, 6.45) is 0. The number of aromatic nitrogens is 3. The summed E-state index contributed by atoms with van der Waals surface area (Å²) in [4.78, 5) is 14.0. The van der Waals surface area contributed by atoms with E-state index in [1.807, 2.05) is 42.7 Å². The second kappa shape index (κ2) is 8.75. The van der Waals surface area contributed by atoms with Gasteiger partial charge in [-0.25, -0.2) is 4.39 Å². The first-order valence-electron chi connectivity index (χ1n) is 8.66. The summed E-state index contributed by atoms with van der Waals surface area (Å²) in [6.45, 7) is 3.99. The fourth-order valence-electron chi connectivity index (χ4n) is 2.77. The molecular formula is C20H20ClFN4OS. The molecule has 0 atom stereocenters. The maximum atomic E-state index is 14.0. The fraction of sp³-hybridized carbons (Fsp3) is 0.250. The number of hydrogen-bond donors (Lipinski definition) is 0. The van der Waals surface area contributed by atoms with Crippen LogP contribution in [0.5, 0.6) is 0 Å². The van der Waals surface area contributed by atoms with Crippen LogP contribution in [-0.2, 0) is 11.3 Å². The van der Waals surface area contributed by atoms with Crippen LogP contribution in [0.3, 0.4) is 0 Å². The van der Waals surface area contributed by atoms with Crippen LogP contribution < -0.4 is 0 Å². The highest BCUT2D eigenvalue weighted by molar-refractivity contribution is 7.99. The van der Waals surface area contributed by atoms with Gasteiger partial charge in [0.1, 0.15) is 11.6 Å². The first kappa shape index (κ1) is 20.4. The minimum absolute atomic E-state index is 0.106. The van der Waals surface area contributed by atoms with E-state index in [9.17, 15) is 9.18 Å². The minimum Gasteiger partial charge on any atom is -0.341 e. The third-order valence-corrected chi connectivity index (χ3v) is 5.63. The van der Waals surface area contributed by atoms with Crippen LogP contribution in [0.25, 0.3) is 5.69 Å². The Labute approximate surface area is 172 Å². The van der Waals surface area contributed by atoms with Crippen molar-refractivity contribution >= 4 is 29.3 Å². The third-order valence-electron chi connectivity index (χ3n) is 4.36. The number of carbonyl (C=O) groups is 1. The SMILES string of the molecule is Cc1ccccc1-n1c(C)nnc1SCC(=O)N(C)Cc1c(F)cccc1Cl. The molecule has 2 aromatic carbocycles. The number of benzene rings is 2. The maximum Gasteiger partial charge on any atom is 0.233 e. The summed E-state index contributed by atoms with van der Waals surface area (Å²) in [7, 11) is 1.63. The summed E-state index contributed by atoms with van der Waals surface area (Å²) >= 11 is 7.35. The van der Waals surface area contributed by atoms with Gasteiger partial charge in [0.15, 0.2) is 5.16 Å². The quantitative estimate of drug-likeness (QED) is 0.556. The summed E-state index contributed by atoms with van der Waals surface area (Å²) in [5, 5.41) is 9.29. The molecule has 0 bridgehead atoms. The lowest BCUT2D eigenvalue weighted by Gasteiger charge is -2.18. The lowest BCUT2D eigenvalue weighted by Crippen LogP contribution is -2.28. The van der Waals surface area contributed by atoms with E-state index in [4.69, 9.17) is 11.6 Å². The molecule has 8 heteroatoms. The van der Waals surface area contributed by atoms with Gasteiger partial charge in [-0.3, -0.25) is 9.36 Å². The van der Waals surface area contributed by atoms with Crippen molar-refractivity contribution in [1.82, 2.24) is 19.7 Å². The van der Waals surface area contributed by atoms with E-state index in [1.165, 1.54) is 22.7 Å². The molecule has 1 aromatic heterocycles. The van der Waals surface area contributed by atoms with Crippen molar-refractivity contribution in [1.29, 1.82) is 0 Å². The smallest absolute Gasteiger partial charge is 0.233 e. The molecule has 0 saturated heterocycles. The predicted molar refractivity (Wildman–Crippen MR) is 109 cm³/mol. The maximum absolute atomic E-state index is 14.0. The molecule has 3 aromatic rings. The molecule has 28 heavy (non-hydrogen) atoms. The van der Waals surface area contributed by atoms with Crippen LogP contribution in [0, 0.1) is 19.7 Å². The molecule has 0 unspecified atom stereocenters. The normalized spacial score (nSPS) is 10.9. The molecule has 0 spiro atoms. The van der Waals surface area contributed by atoms with Crippen molar-refractivity contribution in [2.45, 2.75) is 25.5 Å². The first-order valence-corrected chi connectivity index (χ1v) is 10.0. The minimum atomic E-state index is -0.422. The van der Waals surface area contributed by atoms with Gasteiger partial charge in [-0.2, -0.15) is 0 Å². The number of nitrogens with zero attached hydrogens (tertiary/aromatic N) is 4. The number of thioether (sulfide) groups is 1. The zero-order valence-electron chi connectivity index (χ0n) is 15.8. The highest BCUT2D eigenvalue weighted by Gasteiger charge is 2.18. The van der Waals surface area contributed by atoms with E-state index < -0.39 is 5.82 Å². The van der Waals surface area contributed by atoms with Crippen LogP contribution in [0.2, 0.25) is 5.02 Å². The summed E-state index contributed by atoms with van der Waals surface area (Å²) in [5.74, 6) is 0.332. The Morgan fingerprint density at radius 1 is 1.18 bits per heavy atom. The lowest BCUT2D eigenvalue weighted by molar-refractivity contribution is -0.127. The van der Waals surface area contributed by atoms with Crippen molar-refractivity contribution in [2.75, 3.05) is 12.8 Å².